The lowest BCUT2D eigenvalue weighted by molar-refractivity contribution is 0.315. The topological polar surface area (TPSA) is 15.3 Å². The van der Waals surface area contributed by atoms with Crippen LogP contribution >= 0.6 is 35.6 Å². The summed E-state index contributed by atoms with van der Waals surface area (Å²) >= 11 is 12.2. The minimum absolute atomic E-state index is 0. The molecule has 0 bridgehead atoms. The first kappa shape index (κ1) is 16.1. The molecule has 2 nitrogen and oxygen atoms in total. The number of rotatable bonds is 4. The quantitative estimate of drug-likeness (QED) is 0.916. The van der Waals surface area contributed by atoms with Gasteiger partial charge in [-0.15, -0.1) is 12.4 Å². The minimum atomic E-state index is 0. The van der Waals surface area contributed by atoms with E-state index in [1.165, 1.54) is 6.42 Å². The van der Waals surface area contributed by atoms with E-state index in [2.05, 4.69) is 16.3 Å². The largest absolute Gasteiger partial charge is 0.319 e. The molecule has 102 valence electrons. The van der Waals surface area contributed by atoms with Gasteiger partial charge in [-0.05, 0) is 44.1 Å². The van der Waals surface area contributed by atoms with Gasteiger partial charge >= 0.3 is 0 Å². The van der Waals surface area contributed by atoms with E-state index in [1.807, 2.05) is 19.2 Å². The molecule has 1 saturated heterocycles. The van der Waals surface area contributed by atoms with Crippen molar-refractivity contribution < 1.29 is 0 Å². The van der Waals surface area contributed by atoms with E-state index in [-0.39, 0.29) is 12.4 Å². The molecule has 1 N–H and O–H groups in total. The van der Waals surface area contributed by atoms with Crippen molar-refractivity contribution in [3.63, 3.8) is 0 Å². The first-order chi connectivity index (χ1) is 8.20. The summed E-state index contributed by atoms with van der Waals surface area (Å²) in [6.45, 7) is 4.29. The molecule has 5 heteroatoms. The van der Waals surface area contributed by atoms with Gasteiger partial charge in [0.2, 0.25) is 0 Å². The average Bonchev–Trinajstić information content (AvgIpc) is 2.73. The Morgan fingerprint density at radius 1 is 1.39 bits per heavy atom. The lowest BCUT2D eigenvalue weighted by atomic mass is 10.1. The van der Waals surface area contributed by atoms with Gasteiger partial charge in [-0.1, -0.05) is 35.3 Å². The van der Waals surface area contributed by atoms with Crippen molar-refractivity contribution in [2.75, 3.05) is 26.7 Å². The van der Waals surface area contributed by atoms with Crippen molar-refractivity contribution in [1.82, 2.24) is 10.2 Å². The molecule has 0 aliphatic carbocycles. The van der Waals surface area contributed by atoms with Crippen molar-refractivity contribution in [3.05, 3.63) is 33.8 Å². The van der Waals surface area contributed by atoms with Gasteiger partial charge in [-0.2, -0.15) is 0 Å². The molecule has 1 unspecified atom stereocenters. The number of benzene rings is 1. The zero-order valence-electron chi connectivity index (χ0n) is 10.5. The maximum Gasteiger partial charge on any atom is 0.0637 e. The third-order valence-corrected chi connectivity index (χ3v) is 4.15. The highest BCUT2D eigenvalue weighted by atomic mass is 35.5. The van der Waals surface area contributed by atoms with Crippen molar-refractivity contribution >= 4 is 35.6 Å². The molecule has 0 spiro atoms. The Labute approximate surface area is 125 Å². The van der Waals surface area contributed by atoms with Gasteiger partial charge < -0.3 is 5.32 Å². The second-order valence-corrected chi connectivity index (χ2v) is 5.45. The van der Waals surface area contributed by atoms with Crippen LogP contribution in [0, 0.1) is 5.92 Å². The summed E-state index contributed by atoms with van der Waals surface area (Å²) in [5.41, 5.74) is 1.13. The Balaban J connectivity index is 0.00000162. The van der Waals surface area contributed by atoms with Gasteiger partial charge in [0.25, 0.3) is 0 Å². The standard InChI is InChI=1S/C13H18Cl2N2.ClH/c1-16-7-10-5-6-17(8-10)9-11-3-2-4-12(14)13(11)15;/h2-4,10,16H,5-9H2,1H3;1H. The molecule has 1 heterocycles. The number of nitrogens with one attached hydrogen (secondary N) is 1. The Morgan fingerprint density at radius 2 is 2.17 bits per heavy atom. The summed E-state index contributed by atoms with van der Waals surface area (Å²) in [7, 11) is 2.01. The fraction of sp³-hybridized carbons (Fsp3) is 0.538. The summed E-state index contributed by atoms with van der Waals surface area (Å²) in [6.07, 6.45) is 1.26. The monoisotopic (exact) mass is 308 g/mol. The minimum Gasteiger partial charge on any atom is -0.319 e. The summed E-state index contributed by atoms with van der Waals surface area (Å²) in [5.74, 6) is 0.762. The summed E-state index contributed by atoms with van der Waals surface area (Å²) in [5, 5.41) is 4.59. The lowest BCUT2D eigenvalue weighted by Crippen LogP contribution is -2.24. The summed E-state index contributed by atoms with van der Waals surface area (Å²) in [6, 6.07) is 5.85. The Hall–Kier alpha value is 0.01000. The van der Waals surface area contributed by atoms with E-state index in [0.29, 0.717) is 10.0 Å². The zero-order valence-corrected chi connectivity index (χ0v) is 12.8. The van der Waals surface area contributed by atoms with E-state index in [0.717, 1.165) is 37.7 Å². The maximum atomic E-state index is 6.20. The van der Waals surface area contributed by atoms with Gasteiger partial charge in [-0.25, -0.2) is 0 Å². The van der Waals surface area contributed by atoms with E-state index < -0.39 is 0 Å². The van der Waals surface area contributed by atoms with E-state index in [1.54, 1.807) is 0 Å². The van der Waals surface area contributed by atoms with E-state index >= 15 is 0 Å². The molecule has 18 heavy (non-hydrogen) atoms. The van der Waals surface area contributed by atoms with Crippen LogP contribution in [-0.4, -0.2) is 31.6 Å². The number of likely N-dealkylation sites (tertiary alicyclic amines) is 1. The van der Waals surface area contributed by atoms with Crippen molar-refractivity contribution in [2.24, 2.45) is 5.92 Å². The van der Waals surface area contributed by atoms with Gasteiger partial charge in [0, 0.05) is 13.1 Å². The maximum absolute atomic E-state index is 6.20. The van der Waals surface area contributed by atoms with Crippen molar-refractivity contribution in [3.8, 4) is 0 Å². The highest BCUT2D eigenvalue weighted by molar-refractivity contribution is 6.42. The van der Waals surface area contributed by atoms with Crippen LogP contribution < -0.4 is 5.32 Å². The number of halogens is 3. The molecule has 0 aromatic heterocycles. The van der Waals surface area contributed by atoms with Crippen LogP contribution in [0.5, 0.6) is 0 Å². The molecule has 0 saturated carbocycles. The number of hydrogen-bond donors (Lipinski definition) is 1. The molecule has 1 fully saturated rings. The van der Waals surface area contributed by atoms with Gasteiger partial charge in [0.05, 0.1) is 10.0 Å². The van der Waals surface area contributed by atoms with Crippen LogP contribution in [0.1, 0.15) is 12.0 Å². The molecule has 1 aliphatic heterocycles. The smallest absolute Gasteiger partial charge is 0.0637 e. The highest BCUT2D eigenvalue weighted by Gasteiger charge is 2.22. The molecule has 1 aliphatic rings. The van der Waals surface area contributed by atoms with E-state index in [9.17, 15) is 0 Å². The number of nitrogens with zero attached hydrogens (tertiary/aromatic N) is 1. The second-order valence-electron chi connectivity index (χ2n) is 4.66. The molecule has 0 amide bonds. The highest BCUT2D eigenvalue weighted by Crippen LogP contribution is 2.28. The predicted molar refractivity (Wildman–Crippen MR) is 81.0 cm³/mol. The predicted octanol–water partition coefficient (Wildman–Crippen LogP) is 3.46. The van der Waals surface area contributed by atoms with Gasteiger partial charge in [0.15, 0.2) is 0 Å². The zero-order chi connectivity index (χ0) is 12.3. The number of hydrogen-bond acceptors (Lipinski definition) is 2. The van der Waals surface area contributed by atoms with Crippen LogP contribution in [0.25, 0.3) is 0 Å². The fourth-order valence-corrected chi connectivity index (χ4v) is 2.80. The molecular weight excluding hydrogens is 291 g/mol. The van der Waals surface area contributed by atoms with Gasteiger partial charge in [-0.3, -0.25) is 4.90 Å². The first-order valence-corrected chi connectivity index (χ1v) is 6.76. The Kier molecular flexibility index (Phi) is 6.75. The third-order valence-electron chi connectivity index (χ3n) is 3.29. The van der Waals surface area contributed by atoms with E-state index in [4.69, 9.17) is 23.2 Å². The summed E-state index contributed by atoms with van der Waals surface area (Å²) in [4.78, 5) is 2.44. The molecule has 1 aromatic rings. The molecular formula is C13H19Cl3N2. The first-order valence-electron chi connectivity index (χ1n) is 6.00. The van der Waals surface area contributed by atoms with Crippen molar-refractivity contribution in [2.45, 2.75) is 13.0 Å². The lowest BCUT2D eigenvalue weighted by Gasteiger charge is -2.17. The van der Waals surface area contributed by atoms with Crippen LogP contribution in [0.3, 0.4) is 0 Å². The Bertz CT molecular complexity index is 384. The Morgan fingerprint density at radius 3 is 2.89 bits per heavy atom. The molecule has 1 atom stereocenters. The molecule has 0 radical (unpaired) electrons. The van der Waals surface area contributed by atoms with Gasteiger partial charge in [0.1, 0.15) is 0 Å². The third kappa shape index (κ3) is 4.01. The van der Waals surface area contributed by atoms with Crippen LogP contribution in [0.4, 0.5) is 0 Å². The van der Waals surface area contributed by atoms with Crippen LogP contribution in [0.15, 0.2) is 18.2 Å². The molecule has 1 aromatic carbocycles. The normalized spacial score (nSPS) is 19.8. The second kappa shape index (κ2) is 7.56. The fourth-order valence-electron chi connectivity index (χ4n) is 2.42. The van der Waals surface area contributed by atoms with Crippen LogP contribution in [-0.2, 0) is 6.54 Å². The SMILES string of the molecule is CNCC1CCN(Cc2cccc(Cl)c2Cl)C1.Cl. The van der Waals surface area contributed by atoms with Crippen molar-refractivity contribution in [1.29, 1.82) is 0 Å². The molecule has 2 rings (SSSR count). The average molecular weight is 310 g/mol. The summed E-state index contributed by atoms with van der Waals surface area (Å²) < 4.78 is 0. The van der Waals surface area contributed by atoms with Crippen LogP contribution in [0.2, 0.25) is 10.0 Å².